The highest BCUT2D eigenvalue weighted by Crippen LogP contribution is 2.30. The minimum absolute atomic E-state index is 0.447. The van der Waals surface area contributed by atoms with Crippen LogP contribution < -0.4 is 4.74 Å². The molecule has 4 nitrogen and oxygen atoms in total. The van der Waals surface area contributed by atoms with Crippen molar-refractivity contribution < 1.29 is 4.74 Å². The zero-order valence-corrected chi connectivity index (χ0v) is 14.3. The van der Waals surface area contributed by atoms with Crippen molar-refractivity contribution in [2.24, 2.45) is 0 Å². The van der Waals surface area contributed by atoms with Gasteiger partial charge in [-0.1, -0.05) is 19.9 Å². The van der Waals surface area contributed by atoms with Crippen molar-refractivity contribution in [3.05, 3.63) is 59.5 Å². The summed E-state index contributed by atoms with van der Waals surface area (Å²) >= 11 is 0. The first-order valence-corrected chi connectivity index (χ1v) is 8.19. The van der Waals surface area contributed by atoms with Crippen molar-refractivity contribution in [2.45, 2.75) is 32.7 Å². The topological polar surface area (TPSA) is 50.8 Å². The molecule has 1 unspecified atom stereocenters. The Hall–Kier alpha value is -2.80. The van der Waals surface area contributed by atoms with E-state index < -0.39 is 0 Å². The fourth-order valence-electron chi connectivity index (χ4n) is 2.98. The summed E-state index contributed by atoms with van der Waals surface area (Å²) in [6.07, 6.45) is 1.07. The van der Waals surface area contributed by atoms with Gasteiger partial charge >= 0.3 is 0 Å². The Bertz CT molecular complexity index is 905. The van der Waals surface area contributed by atoms with E-state index in [0.717, 1.165) is 23.4 Å². The highest BCUT2D eigenvalue weighted by Gasteiger charge is 2.15. The SMILES string of the molecule is CCC(C)c1cc2cc(OC)ccc2n1Cc1cccc(C#N)n1. The Morgan fingerprint density at radius 1 is 1.25 bits per heavy atom. The van der Waals surface area contributed by atoms with E-state index in [4.69, 9.17) is 10.00 Å². The molecular formula is C20H21N3O. The van der Waals surface area contributed by atoms with E-state index in [-0.39, 0.29) is 0 Å². The second kappa shape index (κ2) is 6.76. The molecule has 0 bridgehead atoms. The van der Waals surface area contributed by atoms with E-state index in [1.165, 1.54) is 11.1 Å². The van der Waals surface area contributed by atoms with Crippen molar-refractivity contribution >= 4 is 10.9 Å². The van der Waals surface area contributed by atoms with Crippen LogP contribution in [0.25, 0.3) is 10.9 Å². The molecule has 0 saturated heterocycles. The van der Waals surface area contributed by atoms with Gasteiger partial charge in [0.2, 0.25) is 0 Å². The monoisotopic (exact) mass is 319 g/mol. The molecule has 0 radical (unpaired) electrons. The Kier molecular flexibility index (Phi) is 4.52. The molecule has 0 aliphatic carbocycles. The number of nitrogens with zero attached hydrogens (tertiary/aromatic N) is 3. The van der Waals surface area contributed by atoms with Crippen LogP contribution in [0.5, 0.6) is 5.75 Å². The van der Waals surface area contributed by atoms with Crippen molar-refractivity contribution in [3.63, 3.8) is 0 Å². The largest absolute Gasteiger partial charge is 0.497 e. The van der Waals surface area contributed by atoms with Gasteiger partial charge < -0.3 is 9.30 Å². The maximum Gasteiger partial charge on any atom is 0.140 e. The van der Waals surface area contributed by atoms with Gasteiger partial charge in [0, 0.05) is 16.6 Å². The first-order chi connectivity index (χ1) is 11.7. The van der Waals surface area contributed by atoms with Crippen molar-refractivity contribution in [1.29, 1.82) is 5.26 Å². The Morgan fingerprint density at radius 3 is 2.79 bits per heavy atom. The second-order valence-electron chi connectivity index (χ2n) is 6.02. The number of pyridine rings is 1. The van der Waals surface area contributed by atoms with Gasteiger partial charge in [0.25, 0.3) is 0 Å². The standard InChI is InChI=1S/C20H21N3O/c1-4-14(2)20-11-15-10-18(24-3)8-9-19(15)23(20)13-17-7-5-6-16(12-21)22-17/h5-11,14H,4,13H2,1-3H3. The Balaban J connectivity index is 2.11. The number of ether oxygens (including phenoxy) is 1. The number of hydrogen-bond acceptors (Lipinski definition) is 3. The molecule has 2 heterocycles. The maximum atomic E-state index is 9.07. The minimum Gasteiger partial charge on any atom is -0.497 e. The molecule has 0 fully saturated rings. The molecule has 2 aromatic heterocycles. The van der Waals surface area contributed by atoms with Crippen LogP contribution in [-0.2, 0) is 6.54 Å². The number of fused-ring (bicyclic) bond motifs is 1. The molecule has 3 rings (SSSR count). The third-order valence-electron chi connectivity index (χ3n) is 4.50. The number of aromatic nitrogens is 2. The number of rotatable bonds is 5. The van der Waals surface area contributed by atoms with Crippen LogP contribution >= 0.6 is 0 Å². The highest BCUT2D eigenvalue weighted by atomic mass is 16.5. The van der Waals surface area contributed by atoms with Crippen LogP contribution in [0.3, 0.4) is 0 Å². The lowest BCUT2D eigenvalue weighted by Crippen LogP contribution is -2.08. The van der Waals surface area contributed by atoms with Crippen molar-refractivity contribution in [3.8, 4) is 11.8 Å². The van der Waals surface area contributed by atoms with Gasteiger partial charge in [0.15, 0.2) is 0 Å². The average molecular weight is 319 g/mol. The molecule has 0 aliphatic heterocycles. The second-order valence-corrected chi connectivity index (χ2v) is 6.02. The van der Waals surface area contributed by atoms with Crippen molar-refractivity contribution in [1.82, 2.24) is 9.55 Å². The fourth-order valence-corrected chi connectivity index (χ4v) is 2.98. The van der Waals surface area contributed by atoms with Crippen LogP contribution in [0.2, 0.25) is 0 Å². The lowest BCUT2D eigenvalue weighted by Gasteiger charge is -2.15. The van der Waals surface area contributed by atoms with Crippen LogP contribution in [0, 0.1) is 11.3 Å². The van der Waals surface area contributed by atoms with Gasteiger partial charge in [-0.15, -0.1) is 0 Å². The molecule has 0 amide bonds. The van der Waals surface area contributed by atoms with Crippen LogP contribution in [-0.4, -0.2) is 16.7 Å². The lowest BCUT2D eigenvalue weighted by atomic mass is 10.0. The van der Waals surface area contributed by atoms with Gasteiger partial charge in [-0.25, -0.2) is 4.98 Å². The summed E-state index contributed by atoms with van der Waals surface area (Å²) in [5.41, 5.74) is 3.79. The predicted octanol–water partition coefficient (Wildman–Crippen LogP) is 4.48. The lowest BCUT2D eigenvalue weighted by molar-refractivity contribution is 0.415. The van der Waals surface area contributed by atoms with Gasteiger partial charge in [0.05, 0.1) is 19.3 Å². The fraction of sp³-hybridized carbons (Fsp3) is 0.300. The zero-order valence-electron chi connectivity index (χ0n) is 14.3. The molecule has 1 aromatic carbocycles. The number of methoxy groups -OCH3 is 1. The molecule has 0 spiro atoms. The number of nitriles is 1. The Labute approximate surface area is 142 Å². The van der Waals surface area contributed by atoms with E-state index in [1.807, 2.05) is 18.2 Å². The summed E-state index contributed by atoms with van der Waals surface area (Å²) < 4.78 is 7.65. The summed E-state index contributed by atoms with van der Waals surface area (Å²) in [4.78, 5) is 4.43. The number of benzene rings is 1. The summed E-state index contributed by atoms with van der Waals surface area (Å²) in [5.74, 6) is 1.31. The van der Waals surface area contributed by atoms with Gasteiger partial charge in [0.1, 0.15) is 17.5 Å². The molecule has 3 aromatic rings. The third kappa shape index (κ3) is 2.98. The van der Waals surface area contributed by atoms with E-state index in [2.05, 4.69) is 47.7 Å². The normalized spacial score (nSPS) is 12.1. The quantitative estimate of drug-likeness (QED) is 0.697. The van der Waals surface area contributed by atoms with E-state index >= 15 is 0 Å². The van der Waals surface area contributed by atoms with Gasteiger partial charge in [-0.3, -0.25) is 0 Å². The predicted molar refractivity (Wildman–Crippen MR) is 95.3 cm³/mol. The molecule has 0 N–H and O–H groups in total. The molecule has 4 heteroatoms. The molecular weight excluding hydrogens is 298 g/mol. The summed E-state index contributed by atoms with van der Waals surface area (Å²) in [7, 11) is 1.69. The van der Waals surface area contributed by atoms with Crippen LogP contribution in [0.4, 0.5) is 0 Å². The first kappa shape index (κ1) is 16.1. The summed E-state index contributed by atoms with van der Waals surface area (Å²) in [6.45, 7) is 5.09. The molecule has 122 valence electrons. The average Bonchev–Trinajstić information content (AvgIpc) is 2.98. The van der Waals surface area contributed by atoms with Gasteiger partial charge in [-0.05, 0) is 48.7 Å². The number of hydrogen-bond donors (Lipinski definition) is 0. The maximum absolute atomic E-state index is 9.07. The summed E-state index contributed by atoms with van der Waals surface area (Å²) in [5, 5.41) is 10.2. The Morgan fingerprint density at radius 2 is 2.08 bits per heavy atom. The van der Waals surface area contributed by atoms with Crippen LogP contribution in [0.1, 0.15) is 43.3 Å². The first-order valence-electron chi connectivity index (χ1n) is 8.19. The third-order valence-corrected chi connectivity index (χ3v) is 4.50. The smallest absolute Gasteiger partial charge is 0.140 e. The van der Waals surface area contributed by atoms with E-state index in [9.17, 15) is 0 Å². The van der Waals surface area contributed by atoms with E-state index in [0.29, 0.717) is 18.2 Å². The van der Waals surface area contributed by atoms with E-state index in [1.54, 1.807) is 13.2 Å². The summed E-state index contributed by atoms with van der Waals surface area (Å²) in [6, 6.07) is 16.1. The van der Waals surface area contributed by atoms with Crippen molar-refractivity contribution in [2.75, 3.05) is 7.11 Å². The molecule has 24 heavy (non-hydrogen) atoms. The van der Waals surface area contributed by atoms with Gasteiger partial charge in [-0.2, -0.15) is 5.26 Å². The molecule has 0 saturated carbocycles. The van der Waals surface area contributed by atoms with Crippen LogP contribution in [0.15, 0.2) is 42.5 Å². The molecule has 1 atom stereocenters. The highest BCUT2D eigenvalue weighted by molar-refractivity contribution is 5.83. The zero-order chi connectivity index (χ0) is 17.1. The molecule has 0 aliphatic rings. The minimum atomic E-state index is 0.447.